The summed E-state index contributed by atoms with van der Waals surface area (Å²) in [4.78, 5) is 12.3. The van der Waals surface area contributed by atoms with Gasteiger partial charge in [0.25, 0.3) is 0 Å². The number of hydrogen-bond acceptors (Lipinski definition) is 4. The van der Waals surface area contributed by atoms with Gasteiger partial charge in [0.1, 0.15) is 0 Å². The molecule has 13 heavy (non-hydrogen) atoms. The Hall–Kier alpha value is -0.870. The van der Waals surface area contributed by atoms with Gasteiger partial charge in [0.2, 0.25) is 0 Å². The summed E-state index contributed by atoms with van der Waals surface area (Å²) in [5.41, 5.74) is 0.663. The van der Waals surface area contributed by atoms with Gasteiger partial charge in [-0.2, -0.15) is 0 Å². The van der Waals surface area contributed by atoms with Gasteiger partial charge in [-0.25, -0.2) is 4.79 Å². The molecule has 1 N–H and O–H groups in total. The fourth-order valence-corrected chi connectivity index (χ4v) is 2.28. The van der Waals surface area contributed by atoms with Crippen LogP contribution in [-0.4, -0.2) is 19.6 Å². The van der Waals surface area contributed by atoms with Crippen LogP contribution in [0, 0.1) is 0 Å². The van der Waals surface area contributed by atoms with E-state index in [1.54, 1.807) is 11.3 Å². The average molecular weight is 197 g/mol. The highest BCUT2D eigenvalue weighted by Crippen LogP contribution is 2.28. The number of esters is 1. The molecule has 1 atom stereocenters. The number of hydrogen-bond donors (Lipinski definition) is 1. The number of methoxy groups -OCH3 is 1. The van der Waals surface area contributed by atoms with Crippen molar-refractivity contribution in [3.8, 4) is 0 Å². The van der Waals surface area contributed by atoms with E-state index in [-0.39, 0.29) is 5.97 Å². The van der Waals surface area contributed by atoms with Crippen molar-refractivity contribution in [3.63, 3.8) is 0 Å². The maximum Gasteiger partial charge on any atom is 0.338 e. The Morgan fingerprint density at radius 1 is 1.77 bits per heavy atom. The minimum atomic E-state index is -0.248. The normalized spacial score (nSPS) is 20.8. The van der Waals surface area contributed by atoms with Crippen LogP contribution in [0.1, 0.15) is 27.7 Å². The third-order valence-corrected chi connectivity index (χ3v) is 3.25. The quantitative estimate of drug-likeness (QED) is 0.731. The summed E-state index contributed by atoms with van der Waals surface area (Å²) in [6, 6.07) is 2.37. The maximum atomic E-state index is 11.1. The molecule has 0 radical (unpaired) electrons. The van der Waals surface area contributed by atoms with Gasteiger partial charge in [0, 0.05) is 16.3 Å². The maximum absolute atomic E-state index is 11.1. The van der Waals surface area contributed by atoms with E-state index in [2.05, 4.69) is 10.1 Å². The highest BCUT2D eigenvalue weighted by molar-refractivity contribution is 7.10. The number of carbonyl (C=O) groups is 1. The SMILES string of the molecule is COC(=O)c1csc(C2CCN2)c1. The Morgan fingerprint density at radius 2 is 2.54 bits per heavy atom. The molecule has 2 heterocycles. The van der Waals surface area contributed by atoms with E-state index in [9.17, 15) is 4.79 Å². The number of thiophene rings is 1. The minimum Gasteiger partial charge on any atom is -0.465 e. The van der Waals surface area contributed by atoms with Gasteiger partial charge in [-0.3, -0.25) is 0 Å². The molecule has 1 aliphatic rings. The molecule has 1 fully saturated rings. The van der Waals surface area contributed by atoms with Crippen LogP contribution in [0.3, 0.4) is 0 Å². The first-order chi connectivity index (χ1) is 6.31. The Morgan fingerprint density at radius 3 is 3.08 bits per heavy atom. The highest BCUT2D eigenvalue weighted by Gasteiger charge is 2.21. The summed E-state index contributed by atoms with van der Waals surface area (Å²) < 4.78 is 4.63. The molecule has 0 spiro atoms. The summed E-state index contributed by atoms with van der Waals surface area (Å²) in [5, 5.41) is 5.14. The fourth-order valence-electron chi connectivity index (χ4n) is 1.29. The number of rotatable bonds is 2. The van der Waals surface area contributed by atoms with Gasteiger partial charge in [-0.1, -0.05) is 0 Å². The number of ether oxygens (including phenoxy) is 1. The van der Waals surface area contributed by atoms with Crippen LogP contribution >= 0.6 is 11.3 Å². The lowest BCUT2D eigenvalue weighted by atomic mass is 10.1. The molecular weight excluding hydrogens is 186 g/mol. The molecule has 3 nitrogen and oxygen atoms in total. The van der Waals surface area contributed by atoms with Gasteiger partial charge < -0.3 is 10.1 Å². The Balaban J connectivity index is 2.12. The topological polar surface area (TPSA) is 38.3 Å². The van der Waals surface area contributed by atoms with Crippen LogP contribution in [0.4, 0.5) is 0 Å². The molecular formula is C9H11NO2S. The summed E-state index contributed by atoms with van der Waals surface area (Å²) in [6.07, 6.45) is 1.17. The first-order valence-corrected chi connectivity index (χ1v) is 5.09. The molecule has 2 rings (SSSR count). The van der Waals surface area contributed by atoms with Crippen molar-refractivity contribution in [2.75, 3.05) is 13.7 Å². The lowest BCUT2D eigenvalue weighted by Gasteiger charge is -2.26. The second-order valence-electron chi connectivity index (χ2n) is 3.02. The zero-order chi connectivity index (χ0) is 9.26. The number of carbonyl (C=O) groups excluding carboxylic acids is 1. The lowest BCUT2D eigenvalue weighted by molar-refractivity contribution is 0.0601. The first kappa shape index (κ1) is 8.72. The molecule has 1 aromatic heterocycles. The standard InChI is InChI=1S/C9H11NO2S/c1-12-9(11)6-4-8(13-5-6)7-2-3-10-7/h4-5,7,10H,2-3H2,1H3. The van der Waals surface area contributed by atoms with E-state index in [1.807, 2.05) is 11.4 Å². The van der Waals surface area contributed by atoms with E-state index in [4.69, 9.17) is 0 Å². The Labute approximate surface area is 80.7 Å². The predicted octanol–water partition coefficient (Wildman–Crippen LogP) is 1.57. The molecule has 0 aliphatic carbocycles. The predicted molar refractivity (Wildman–Crippen MR) is 51.0 cm³/mol. The third kappa shape index (κ3) is 1.59. The summed E-state index contributed by atoms with van der Waals surface area (Å²) in [7, 11) is 1.40. The molecule has 0 saturated carbocycles. The van der Waals surface area contributed by atoms with Gasteiger partial charge >= 0.3 is 5.97 Å². The lowest BCUT2D eigenvalue weighted by Crippen LogP contribution is -2.34. The molecule has 0 aromatic carbocycles. The van der Waals surface area contributed by atoms with Crippen molar-refractivity contribution < 1.29 is 9.53 Å². The molecule has 1 aromatic rings. The van der Waals surface area contributed by atoms with Crippen molar-refractivity contribution in [2.45, 2.75) is 12.5 Å². The van der Waals surface area contributed by atoms with E-state index in [0.717, 1.165) is 6.54 Å². The zero-order valence-corrected chi connectivity index (χ0v) is 8.19. The largest absolute Gasteiger partial charge is 0.465 e. The Bertz CT molecular complexity index is 317. The van der Waals surface area contributed by atoms with Crippen LogP contribution in [0.15, 0.2) is 11.4 Å². The zero-order valence-electron chi connectivity index (χ0n) is 7.37. The Kier molecular flexibility index (Phi) is 2.33. The smallest absolute Gasteiger partial charge is 0.338 e. The molecule has 0 amide bonds. The average Bonchev–Trinajstić information content (AvgIpc) is 2.49. The van der Waals surface area contributed by atoms with Gasteiger partial charge in [-0.05, 0) is 19.0 Å². The molecule has 1 aliphatic heterocycles. The molecule has 70 valence electrons. The third-order valence-electron chi connectivity index (χ3n) is 2.21. The molecule has 1 unspecified atom stereocenters. The van der Waals surface area contributed by atoms with Crippen LogP contribution < -0.4 is 5.32 Å². The van der Waals surface area contributed by atoms with E-state index < -0.39 is 0 Å². The van der Waals surface area contributed by atoms with Crippen molar-refractivity contribution >= 4 is 17.3 Å². The fraction of sp³-hybridized carbons (Fsp3) is 0.444. The number of nitrogens with one attached hydrogen (secondary N) is 1. The van der Waals surface area contributed by atoms with Crippen LogP contribution in [0.5, 0.6) is 0 Å². The van der Waals surface area contributed by atoms with Crippen molar-refractivity contribution in [3.05, 3.63) is 21.9 Å². The van der Waals surface area contributed by atoms with Crippen molar-refractivity contribution in [2.24, 2.45) is 0 Å². The van der Waals surface area contributed by atoms with E-state index in [0.29, 0.717) is 11.6 Å². The molecule has 1 saturated heterocycles. The summed E-state index contributed by atoms with van der Waals surface area (Å²) in [6.45, 7) is 1.08. The molecule has 4 heteroatoms. The monoisotopic (exact) mass is 197 g/mol. The summed E-state index contributed by atoms with van der Waals surface area (Å²) >= 11 is 1.61. The van der Waals surface area contributed by atoms with Crippen LogP contribution in [0.2, 0.25) is 0 Å². The van der Waals surface area contributed by atoms with Crippen LogP contribution in [-0.2, 0) is 4.74 Å². The van der Waals surface area contributed by atoms with Gasteiger partial charge in [-0.15, -0.1) is 11.3 Å². The van der Waals surface area contributed by atoms with Crippen molar-refractivity contribution in [1.29, 1.82) is 0 Å². The second-order valence-corrected chi connectivity index (χ2v) is 3.97. The van der Waals surface area contributed by atoms with Gasteiger partial charge in [0.15, 0.2) is 0 Å². The first-order valence-electron chi connectivity index (χ1n) is 4.21. The van der Waals surface area contributed by atoms with Crippen molar-refractivity contribution in [1.82, 2.24) is 5.32 Å². The molecule has 0 bridgehead atoms. The van der Waals surface area contributed by atoms with Gasteiger partial charge in [0.05, 0.1) is 12.7 Å². The highest BCUT2D eigenvalue weighted by atomic mass is 32.1. The summed E-state index contributed by atoms with van der Waals surface area (Å²) in [5.74, 6) is -0.248. The minimum absolute atomic E-state index is 0.248. The van der Waals surface area contributed by atoms with E-state index >= 15 is 0 Å². The van der Waals surface area contributed by atoms with E-state index in [1.165, 1.54) is 18.4 Å². The van der Waals surface area contributed by atoms with Crippen LogP contribution in [0.25, 0.3) is 0 Å². The second kappa shape index (κ2) is 3.47.